The Labute approximate surface area is 180 Å². The zero-order valence-corrected chi connectivity index (χ0v) is 16.6. The number of aromatic nitrogens is 4. The van der Waals surface area contributed by atoms with E-state index < -0.39 is 17.6 Å². The highest BCUT2D eigenvalue weighted by molar-refractivity contribution is 6.10. The molecule has 1 amide bonds. The predicted octanol–water partition coefficient (Wildman–Crippen LogP) is 4.50. The highest BCUT2D eigenvalue weighted by Crippen LogP contribution is 2.37. The van der Waals surface area contributed by atoms with Gasteiger partial charge in [-0.15, -0.1) is 0 Å². The Bertz CT molecular complexity index is 1310. The molecule has 10 heteroatoms. The van der Waals surface area contributed by atoms with E-state index in [-0.39, 0.29) is 22.3 Å². The summed E-state index contributed by atoms with van der Waals surface area (Å²) >= 11 is 0. The summed E-state index contributed by atoms with van der Waals surface area (Å²) in [6, 6.07) is 12.1. The number of pyridine rings is 2. The van der Waals surface area contributed by atoms with Crippen molar-refractivity contribution < 1.29 is 18.0 Å². The maximum absolute atomic E-state index is 13.4. The van der Waals surface area contributed by atoms with Gasteiger partial charge in [0.05, 0.1) is 11.1 Å². The number of carbonyl (C=O) groups excluding carboxylic acids is 1. The second kappa shape index (κ2) is 7.63. The molecular formula is C22H17F3N6O. The molecule has 1 aliphatic rings. The smallest absolute Gasteiger partial charge is 0.356 e. The number of H-pyrrole nitrogens is 1. The number of rotatable bonds is 4. The molecule has 0 spiro atoms. The van der Waals surface area contributed by atoms with E-state index in [0.29, 0.717) is 11.3 Å². The van der Waals surface area contributed by atoms with Crippen LogP contribution in [0.15, 0.2) is 54.7 Å². The van der Waals surface area contributed by atoms with Crippen molar-refractivity contribution in [2.45, 2.75) is 12.6 Å². The van der Waals surface area contributed by atoms with Gasteiger partial charge in [-0.1, -0.05) is 24.3 Å². The fourth-order valence-electron chi connectivity index (χ4n) is 3.59. The van der Waals surface area contributed by atoms with Gasteiger partial charge in [0.15, 0.2) is 5.69 Å². The average Bonchev–Trinajstić information content (AvgIpc) is 3.15. The summed E-state index contributed by atoms with van der Waals surface area (Å²) < 4.78 is 40.1. The van der Waals surface area contributed by atoms with E-state index in [9.17, 15) is 18.0 Å². The summed E-state index contributed by atoms with van der Waals surface area (Å²) in [5.74, 6) is 0.652. The molecular weight excluding hydrogens is 421 g/mol. The first-order valence-electron chi connectivity index (χ1n) is 9.94. The van der Waals surface area contributed by atoms with E-state index in [1.165, 1.54) is 30.5 Å². The molecule has 4 heterocycles. The van der Waals surface area contributed by atoms with Gasteiger partial charge in [0.25, 0.3) is 5.91 Å². The molecule has 0 saturated carbocycles. The standard InChI is InChI=1S/C22H17F3N6O/c23-22(24,25)15-6-2-1-5-14(15)13-11-16-19(26-12-13)20(30-29-16)21(32)28-17-7-3-8-18(27-17)31-9-4-10-31/h1-3,5-8,11-12H,4,9-10H2,(H,29,30)(H,27,28,32). The van der Waals surface area contributed by atoms with Crippen LogP contribution >= 0.6 is 0 Å². The number of hydrogen-bond acceptors (Lipinski definition) is 5. The van der Waals surface area contributed by atoms with Crippen molar-refractivity contribution in [3.05, 3.63) is 66.0 Å². The van der Waals surface area contributed by atoms with Crippen LogP contribution in [0.2, 0.25) is 0 Å². The van der Waals surface area contributed by atoms with Crippen molar-refractivity contribution in [1.82, 2.24) is 20.2 Å². The largest absolute Gasteiger partial charge is 0.417 e. The molecule has 1 saturated heterocycles. The average molecular weight is 438 g/mol. The van der Waals surface area contributed by atoms with Gasteiger partial charge < -0.3 is 10.2 Å². The quantitative estimate of drug-likeness (QED) is 0.490. The first-order chi connectivity index (χ1) is 15.4. The third-order valence-corrected chi connectivity index (χ3v) is 5.31. The highest BCUT2D eigenvalue weighted by Gasteiger charge is 2.33. The number of nitrogens with zero attached hydrogens (tertiary/aromatic N) is 4. The first kappa shape index (κ1) is 20.0. The summed E-state index contributed by atoms with van der Waals surface area (Å²) in [7, 11) is 0. The van der Waals surface area contributed by atoms with Crippen LogP contribution in [0.1, 0.15) is 22.5 Å². The molecule has 0 aliphatic carbocycles. The Kier molecular flexibility index (Phi) is 4.76. The molecule has 162 valence electrons. The lowest BCUT2D eigenvalue weighted by molar-refractivity contribution is -0.137. The van der Waals surface area contributed by atoms with Gasteiger partial charge in [-0.3, -0.25) is 14.9 Å². The number of anilines is 2. The molecule has 32 heavy (non-hydrogen) atoms. The van der Waals surface area contributed by atoms with E-state index in [1.54, 1.807) is 6.07 Å². The van der Waals surface area contributed by atoms with Gasteiger partial charge in [-0.25, -0.2) is 4.98 Å². The van der Waals surface area contributed by atoms with Gasteiger partial charge in [0, 0.05) is 24.8 Å². The number of fused-ring (bicyclic) bond motifs is 1. The van der Waals surface area contributed by atoms with Crippen molar-refractivity contribution in [2.75, 3.05) is 23.3 Å². The van der Waals surface area contributed by atoms with E-state index in [0.717, 1.165) is 31.4 Å². The number of hydrogen-bond donors (Lipinski definition) is 2. The van der Waals surface area contributed by atoms with Crippen LogP contribution in [0.5, 0.6) is 0 Å². The summed E-state index contributed by atoms with van der Waals surface area (Å²) in [4.78, 5) is 23.5. The maximum Gasteiger partial charge on any atom is 0.417 e. The van der Waals surface area contributed by atoms with E-state index >= 15 is 0 Å². The van der Waals surface area contributed by atoms with Crippen molar-refractivity contribution in [3.63, 3.8) is 0 Å². The van der Waals surface area contributed by atoms with Crippen molar-refractivity contribution in [3.8, 4) is 11.1 Å². The number of benzene rings is 1. The maximum atomic E-state index is 13.4. The van der Waals surface area contributed by atoms with Gasteiger partial charge in [0.1, 0.15) is 17.2 Å². The minimum atomic E-state index is -4.50. The van der Waals surface area contributed by atoms with Gasteiger partial charge in [0.2, 0.25) is 0 Å². The Hall–Kier alpha value is -3.95. The monoisotopic (exact) mass is 438 g/mol. The Morgan fingerprint density at radius 3 is 2.66 bits per heavy atom. The zero-order chi connectivity index (χ0) is 22.3. The van der Waals surface area contributed by atoms with Crippen LogP contribution in [-0.4, -0.2) is 39.2 Å². The topological polar surface area (TPSA) is 86.8 Å². The fourth-order valence-corrected chi connectivity index (χ4v) is 3.59. The lowest BCUT2D eigenvalue weighted by Gasteiger charge is -2.32. The molecule has 2 N–H and O–H groups in total. The van der Waals surface area contributed by atoms with Gasteiger partial charge in [-0.2, -0.15) is 18.3 Å². The SMILES string of the molecule is O=C(Nc1cccc(N2CCC2)n1)c1n[nH]c2cc(-c3ccccc3C(F)(F)F)cnc12. The fraction of sp³-hybridized carbons (Fsp3) is 0.182. The van der Waals surface area contributed by atoms with Gasteiger partial charge in [-0.05, 0) is 36.2 Å². The van der Waals surface area contributed by atoms with Crippen LogP contribution in [0, 0.1) is 0 Å². The summed E-state index contributed by atoms with van der Waals surface area (Å²) in [5, 5.41) is 9.42. The van der Waals surface area contributed by atoms with Gasteiger partial charge >= 0.3 is 6.18 Å². The normalized spacial score (nSPS) is 13.8. The van der Waals surface area contributed by atoms with Crippen LogP contribution in [-0.2, 0) is 6.18 Å². The Balaban J connectivity index is 1.43. The van der Waals surface area contributed by atoms with Crippen LogP contribution < -0.4 is 10.2 Å². The molecule has 0 unspecified atom stereocenters. The molecule has 3 aromatic heterocycles. The van der Waals surface area contributed by atoms with Crippen molar-refractivity contribution in [1.29, 1.82) is 0 Å². The highest BCUT2D eigenvalue weighted by atomic mass is 19.4. The molecule has 0 radical (unpaired) electrons. The number of amides is 1. The number of nitrogens with one attached hydrogen (secondary N) is 2. The third kappa shape index (κ3) is 3.64. The molecule has 5 rings (SSSR count). The Morgan fingerprint density at radius 1 is 1.09 bits per heavy atom. The molecule has 7 nitrogen and oxygen atoms in total. The lowest BCUT2D eigenvalue weighted by Crippen LogP contribution is -2.37. The van der Waals surface area contributed by atoms with Crippen LogP contribution in [0.25, 0.3) is 22.2 Å². The number of carbonyl (C=O) groups is 1. The van der Waals surface area contributed by atoms with E-state index in [2.05, 4.69) is 30.4 Å². The summed E-state index contributed by atoms with van der Waals surface area (Å²) in [5.41, 5.74) is 0.159. The molecule has 4 aromatic rings. The number of aromatic amines is 1. The first-order valence-corrected chi connectivity index (χ1v) is 9.94. The second-order valence-electron chi connectivity index (χ2n) is 7.41. The summed E-state index contributed by atoms with van der Waals surface area (Å²) in [6.07, 6.45) is -2.08. The molecule has 1 aliphatic heterocycles. The lowest BCUT2D eigenvalue weighted by atomic mass is 10.0. The van der Waals surface area contributed by atoms with Crippen LogP contribution in [0.3, 0.4) is 0 Å². The zero-order valence-electron chi connectivity index (χ0n) is 16.6. The van der Waals surface area contributed by atoms with E-state index in [1.807, 2.05) is 12.1 Å². The predicted molar refractivity (Wildman–Crippen MR) is 113 cm³/mol. The van der Waals surface area contributed by atoms with Crippen molar-refractivity contribution in [2.24, 2.45) is 0 Å². The molecule has 0 bridgehead atoms. The minimum absolute atomic E-state index is 0.00186. The molecule has 1 fully saturated rings. The van der Waals surface area contributed by atoms with E-state index in [4.69, 9.17) is 0 Å². The number of halogens is 3. The third-order valence-electron chi connectivity index (χ3n) is 5.31. The molecule has 1 aromatic carbocycles. The Morgan fingerprint density at radius 2 is 1.91 bits per heavy atom. The molecule has 0 atom stereocenters. The minimum Gasteiger partial charge on any atom is -0.356 e. The van der Waals surface area contributed by atoms with Crippen molar-refractivity contribution >= 4 is 28.6 Å². The number of alkyl halides is 3. The second-order valence-corrected chi connectivity index (χ2v) is 7.41. The van der Waals surface area contributed by atoms with Crippen LogP contribution in [0.4, 0.5) is 24.8 Å². The summed E-state index contributed by atoms with van der Waals surface area (Å²) in [6.45, 7) is 1.86.